The molecule has 1 heterocycles. The summed E-state index contributed by atoms with van der Waals surface area (Å²) in [7, 11) is 0. The van der Waals surface area contributed by atoms with Crippen LogP contribution in [0.4, 0.5) is 0 Å². The highest BCUT2D eigenvalue weighted by atomic mass is 15.3. The molecule has 0 bridgehead atoms. The molecule has 0 aliphatic heterocycles. The molecule has 2 rings (SSSR count). The van der Waals surface area contributed by atoms with Crippen molar-refractivity contribution in [3.8, 4) is 5.69 Å². The largest absolute Gasteiger partial charge is 0.308 e. The van der Waals surface area contributed by atoms with Crippen molar-refractivity contribution >= 4 is 6.21 Å². The molecule has 0 saturated heterocycles. The minimum Gasteiger partial charge on any atom is -0.308 e. The summed E-state index contributed by atoms with van der Waals surface area (Å²) in [4.78, 5) is 3.92. The van der Waals surface area contributed by atoms with Gasteiger partial charge in [0.25, 0.3) is 0 Å². The summed E-state index contributed by atoms with van der Waals surface area (Å²) in [5, 5.41) is 11.3. The zero-order valence-electron chi connectivity index (χ0n) is 8.51. The smallest absolute Gasteiger partial charge is 0.138 e. The van der Waals surface area contributed by atoms with Gasteiger partial charge in [-0.3, -0.25) is 0 Å². The van der Waals surface area contributed by atoms with Gasteiger partial charge in [-0.25, -0.2) is 9.67 Å². The van der Waals surface area contributed by atoms with Crippen LogP contribution >= 0.6 is 0 Å². The first kappa shape index (κ1) is 9.58. The predicted molar refractivity (Wildman–Crippen MR) is 58.6 cm³/mol. The fourth-order valence-electron chi connectivity index (χ4n) is 1.53. The molecule has 0 aliphatic carbocycles. The normalized spacial score (nSPS) is 10.2. The zero-order valence-corrected chi connectivity index (χ0v) is 8.51. The number of hydrogen-bond donors (Lipinski definition) is 1. The number of aryl methyl sites for hydroxylation is 1. The van der Waals surface area contributed by atoms with E-state index in [1.165, 1.54) is 18.1 Å². The quantitative estimate of drug-likeness (QED) is 0.768. The summed E-state index contributed by atoms with van der Waals surface area (Å²) in [6, 6.07) is 5.88. The SMILES string of the molecule is CCc1cc(C=N)ccc1-n1cncn1. The van der Waals surface area contributed by atoms with E-state index in [1.54, 1.807) is 11.0 Å². The van der Waals surface area contributed by atoms with Gasteiger partial charge in [0.05, 0.1) is 5.69 Å². The van der Waals surface area contributed by atoms with Gasteiger partial charge in [0.15, 0.2) is 0 Å². The van der Waals surface area contributed by atoms with Crippen molar-refractivity contribution in [2.45, 2.75) is 13.3 Å². The van der Waals surface area contributed by atoms with Crippen molar-refractivity contribution in [2.24, 2.45) is 0 Å². The van der Waals surface area contributed by atoms with Gasteiger partial charge in [0.1, 0.15) is 12.7 Å². The number of nitrogens with zero attached hydrogens (tertiary/aromatic N) is 3. The fraction of sp³-hybridized carbons (Fsp3) is 0.182. The lowest BCUT2D eigenvalue weighted by atomic mass is 10.1. The van der Waals surface area contributed by atoms with E-state index in [9.17, 15) is 0 Å². The molecule has 0 radical (unpaired) electrons. The summed E-state index contributed by atoms with van der Waals surface area (Å²) in [6.07, 6.45) is 5.46. The molecule has 15 heavy (non-hydrogen) atoms. The highest BCUT2D eigenvalue weighted by Crippen LogP contribution is 2.15. The summed E-state index contributed by atoms with van der Waals surface area (Å²) in [5.74, 6) is 0. The van der Waals surface area contributed by atoms with Crippen LogP contribution in [0.25, 0.3) is 5.69 Å². The minimum absolute atomic E-state index is 0.913. The zero-order chi connectivity index (χ0) is 10.7. The molecule has 0 fully saturated rings. The number of benzene rings is 1. The van der Waals surface area contributed by atoms with Gasteiger partial charge in [-0.1, -0.05) is 13.0 Å². The van der Waals surface area contributed by atoms with Crippen LogP contribution < -0.4 is 0 Å². The van der Waals surface area contributed by atoms with Crippen molar-refractivity contribution in [3.05, 3.63) is 42.0 Å². The Morgan fingerprint density at radius 2 is 2.33 bits per heavy atom. The molecule has 2 aromatic rings. The first-order valence-electron chi connectivity index (χ1n) is 4.83. The predicted octanol–water partition coefficient (Wildman–Crippen LogP) is 1.83. The highest BCUT2D eigenvalue weighted by Gasteiger charge is 2.03. The first-order chi connectivity index (χ1) is 7.35. The van der Waals surface area contributed by atoms with Crippen LogP contribution in [0.5, 0.6) is 0 Å². The van der Waals surface area contributed by atoms with Crippen LogP contribution in [-0.4, -0.2) is 21.0 Å². The maximum Gasteiger partial charge on any atom is 0.138 e. The Labute approximate surface area is 88.1 Å². The van der Waals surface area contributed by atoms with Crippen molar-refractivity contribution < 1.29 is 0 Å². The van der Waals surface area contributed by atoms with E-state index >= 15 is 0 Å². The molecule has 0 aliphatic rings. The summed E-state index contributed by atoms with van der Waals surface area (Å²) in [5.41, 5.74) is 3.11. The molecule has 0 spiro atoms. The van der Waals surface area contributed by atoms with E-state index in [2.05, 4.69) is 17.0 Å². The van der Waals surface area contributed by atoms with Crippen molar-refractivity contribution in [3.63, 3.8) is 0 Å². The Morgan fingerprint density at radius 3 is 2.93 bits per heavy atom. The Balaban J connectivity index is 2.52. The van der Waals surface area contributed by atoms with Gasteiger partial charge in [0, 0.05) is 6.21 Å². The van der Waals surface area contributed by atoms with E-state index < -0.39 is 0 Å². The van der Waals surface area contributed by atoms with E-state index in [-0.39, 0.29) is 0 Å². The fourth-order valence-corrected chi connectivity index (χ4v) is 1.53. The first-order valence-corrected chi connectivity index (χ1v) is 4.83. The third kappa shape index (κ3) is 1.79. The highest BCUT2D eigenvalue weighted by molar-refractivity contribution is 5.78. The number of nitrogens with one attached hydrogen (secondary N) is 1. The standard InChI is InChI=1S/C11H12N4/c1-2-10-5-9(6-12)3-4-11(10)15-8-13-7-14-15/h3-8,12H,2H2,1H3. The van der Waals surface area contributed by atoms with Crippen LogP contribution in [0.2, 0.25) is 0 Å². The van der Waals surface area contributed by atoms with Gasteiger partial charge in [-0.05, 0) is 29.7 Å². The molecule has 1 N–H and O–H groups in total. The molecule has 4 nitrogen and oxygen atoms in total. The molecule has 0 saturated carbocycles. The molecule has 0 amide bonds. The lowest BCUT2D eigenvalue weighted by Crippen LogP contribution is -2.00. The lowest BCUT2D eigenvalue weighted by Gasteiger charge is -2.07. The van der Waals surface area contributed by atoms with Gasteiger partial charge >= 0.3 is 0 Å². The Bertz CT molecular complexity index is 459. The lowest BCUT2D eigenvalue weighted by molar-refractivity contribution is 0.861. The summed E-state index contributed by atoms with van der Waals surface area (Å²) < 4.78 is 1.74. The minimum atomic E-state index is 0.913. The van der Waals surface area contributed by atoms with Crippen LogP contribution in [-0.2, 0) is 6.42 Å². The Hall–Kier alpha value is -1.97. The third-order valence-electron chi connectivity index (χ3n) is 2.32. The van der Waals surface area contributed by atoms with Crippen LogP contribution in [0.3, 0.4) is 0 Å². The average Bonchev–Trinajstić information content (AvgIpc) is 2.81. The monoisotopic (exact) mass is 200 g/mol. The number of rotatable bonds is 3. The van der Waals surface area contributed by atoms with Crippen molar-refractivity contribution in [2.75, 3.05) is 0 Å². The number of hydrogen-bond acceptors (Lipinski definition) is 3. The second-order valence-electron chi connectivity index (χ2n) is 3.23. The van der Waals surface area contributed by atoms with Crippen LogP contribution in [0, 0.1) is 5.41 Å². The van der Waals surface area contributed by atoms with Crippen LogP contribution in [0.1, 0.15) is 18.1 Å². The number of aromatic nitrogens is 3. The topological polar surface area (TPSA) is 54.6 Å². The second-order valence-corrected chi connectivity index (χ2v) is 3.23. The molecule has 76 valence electrons. The average molecular weight is 200 g/mol. The molecule has 1 aromatic heterocycles. The van der Waals surface area contributed by atoms with E-state index in [4.69, 9.17) is 5.41 Å². The van der Waals surface area contributed by atoms with Crippen molar-refractivity contribution in [1.82, 2.24) is 14.8 Å². The summed E-state index contributed by atoms with van der Waals surface area (Å²) in [6.45, 7) is 2.09. The summed E-state index contributed by atoms with van der Waals surface area (Å²) >= 11 is 0. The Kier molecular flexibility index (Phi) is 2.58. The molecular formula is C11H12N4. The van der Waals surface area contributed by atoms with Crippen molar-refractivity contribution in [1.29, 1.82) is 5.41 Å². The van der Waals surface area contributed by atoms with E-state index in [0.717, 1.165) is 17.7 Å². The molecule has 4 heteroatoms. The Morgan fingerprint density at radius 1 is 1.47 bits per heavy atom. The molecular weight excluding hydrogens is 188 g/mol. The molecule has 0 unspecified atom stereocenters. The van der Waals surface area contributed by atoms with Gasteiger partial charge in [-0.15, -0.1) is 0 Å². The maximum absolute atomic E-state index is 7.20. The van der Waals surface area contributed by atoms with E-state index in [0.29, 0.717) is 0 Å². The second kappa shape index (κ2) is 4.04. The van der Waals surface area contributed by atoms with Crippen LogP contribution in [0.15, 0.2) is 30.9 Å². The maximum atomic E-state index is 7.20. The van der Waals surface area contributed by atoms with E-state index in [1.807, 2.05) is 18.2 Å². The van der Waals surface area contributed by atoms with Gasteiger partial charge in [0.2, 0.25) is 0 Å². The third-order valence-corrected chi connectivity index (χ3v) is 2.32. The van der Waals surface area contributed by atoms with Gasteiger partial charge in [-0.2, -0.15) is 5.10 Å². The molecule has 0 atom stereocenters. The molecule has 1 aromatic carbocycles. The van der Waals surface area contributed by atoms with Gasteiger partial charge < -0.3 is 5.41 Å².